The van der Waals surface area contributed by atoms with Crippen molar-refractivity contribution >= 4 is 24.2 Å². The molecule has 76 valence electrons. The average molecular weight is 208 g/mol. The average Bonchev–Trinajstić information content (AvgIpc) is 2.26. The van der Waals surface area contributed by atoms with E-state index < -0.39 is 0 Å². The van der Waals surface area contributed by atoms with Crippen molar-refractivity contribution in [1.82, 2.24) is 4.98 Å². The van der Waals surface area contributed by atoms with E-state index in [4.69, 9.17) is 0 Å². The molecule has 2 nitrogen and oxygen atoms in total. The summed E-state index contributed by atoms with van der Waals surface area (Å²) < 4.78 is 0. The fourth-order valence-corrected chi connectivity index (χ4v) is 1.89. The Kier molecular flexibility index (Phi) is 4.14. The summed E-state index contributed by atoms with van der Waals surface area (Å²) in [5.41, 5.74) is 2.02. The predicted octanol–water partition coefficient (Wildman–Crippen LogP) is 3.65. The number of nitrogens with zero attached hydrogens (tertiary/aromatic N) is 2. The molecule has 0 aromatic carbocycles. The van der Waals surface area contributed by atoms with Crippen LogP contribution in [0.1, 0.15) is 31.9 Å². The highest BCUT2D eigenvalue weighted by molar-refractivity contribution is 7.98. The van der Waals surface area contributed by atoms with Crippen LogP contribution in [0.15, 0.2) is 22.2 Å². The Morgan fingerprint density at radius 3 is 2.86 bits per heavy atom. The second-order valence-electron chi connectivity index (χ2n) is 3.21. The first kappa shape index (κ1) is 11.2. The molecule has 14 heavy (non-hydrogen) atoms. The first-order valence-electron chi connectivity index (χ1n) is 4.74. The van der Waals surface area contributed by atoms with E-state index in [0.717, 1.165) is 22.7 Å². The van der Waals surface area contributed by atoms with Crippen molar-refractivity contribution in [2.45, 2.75) is 31.1 Å². The van der Waals surface area contributed by atoms with E-state index in [0.29, 0.717) is 5.92 Å². The molecule has 1 rings (SSSR count). The first-order valence-corrected chi connectivity index (χ1v) is 5.96. The van der Waals surface area contributed by atoms with Crippen LogP contribution < -0.4 is 0 Å². The highest BCUT2D eigenvalue weighted by atomic mass is 32.2. The lowest BCUT2D eigenvalue weighted by Gasteiger charge is -2.12. The van der Waals surface area contributed by atoms with Gasteiger partial charge in [0.1, 0.15) is 0 Å². The zero-order valence-corrected chi connectivity index (χ0v) is 9.77. The van der Waals surface area contributed by atoms with Gasteiger partial charge in [0.15, 0.2) is 0 Å². The molecule has 0 fully saturated rings. The van der Waals surface area contributed by atoms with Crippen LogP contribution in [0.2, 0.25) is 0 Å². The predicted molar refractivity (Wildman–Crippen MR) is 63.9 cm³/mol. The van der Waals surface area contributed by atoms with Gasteiger partial charge < -0.3 is 0 Å². The van der Waals surface area contributed by atoms with Gasteiger partial charge in [-0.2, -0.15) is 0 Å². The molecule has 0 N–H and O–H groups in total. The van der Waals surface area contributed by atoms with Crippen LogP contribution in [-0.4, -0.2) is 18.0 Å². The molecule has 0 bridgehead atoms. The summed E-state index contributed by atoms with van der Waals surface area (Å²) in [6.45, 7) is 7.94. The number of aromatic nitrogens is 1. The summed E-state index contributed by atoms with van der Waals surface area (Å²) in [6.07, 6.45) is 4.97. The molecule has 0 aliphatic carbocycles. The van der Waals surface area contributed by atoms with Crippen molar-refractivity contribution in [3.63, 3.8) is 0 Å². The van der Waals surface area contributed by atoms with E-state index in [1.807, 2.05) is 18.5 Å². The van der Waals surface area contributed by atoms with Crippen molar-refractivity contribution < 1.29 is 0 Å². The van der Waals surface area contributed by atoms with Crippen LogP contribution in [0.5, 0.6) is 0 Å². The summed E-state index contributed by atoms with van der Waals surface area (Å²) in [6, 6.07) is 1.99. The Morgan fingerprint density at radius 1 is 1.64 bits per heavy atom. The van der Waals surface area contributed by atoms with Crippen molar-refractivity contribution in [2.75, 3.05) is 6.26 Å². The number of hydrogen-bond donors (Lipinski definition) is 0. The normalized spacial score (nSPS) is 12.5. The molecular weight excluding hydrogens is 192 g/mol. The number of pyridine rings is 1. The molecule has 1 heterocycles. The zero-order chi connectivity index (χ0) is 10.6. The third-order valence-electron chi connectivity index (χ3n) is 2.37. The highest BCUT2D eigenvalue weighted by Crippen LogP contribution is 2.34. The second kappa shape index (κ2) is 5.15. The van der Waals surface area contributed by atoms with E-state index in [-0.39, 0.29) is 0 Å². The Hall–Kier alpha value is -0.830. The summed E-state index contributed by atoms with van der Waals surface area (Å²) in [5, 5.41) is 0. The highest BCUT2D eigenvalue weighted by Gasteiger charge is 2.12. The molecule has 0 aliphatic rings. The maximum Gasteiger partial charge on any atom is 0.0975 e. The molecule has 0 saturated heterocycles. The standard InChI is InChI=1S/C11H16N2S/c1-5-8(2)10-11(12-3)9(14-4)6-7-13-10/h6-8H,3,5H2,1-2,4H3. The van der Waals surface area contributed by atoms with Crippen LogP contribution >= 0.6 is 11.8 Å². The summed E-state index contributed by atoms with van der Waals surface area (Å²) in [7, 11) is 0. The van der Waals surface area contributed by atoms with Gasteiger partial charge in [0.2, 0.25) is 0 Å². The van der Waals surface area contributed by atoms with Crippen LogP contribution in [0, 0.1) is 0 Å². The molecule has 1 unspecified atom stereocenters. The second-order valence-corrected chi connectivity index (χ2v) is 4.06. The molecule has 1 atom stereocenters. The SMILES string of the molecule is C=Nc1c(SC)ccnc1C(C)CC. The lowest BCUT2D eigenvalue weighted by Crippen LogP contribution is -1.96. The minimum absolute atomic E-state index is 0.447. The van der Waals surface area contributed by atoms with Crippen LogP contribution in [0.25, 0.3) is 0 Å². The molecule has 0 amide bonds. The van der Waals surface area contributed by atoms with E-state index in [9.17, 15) is 0 Å². The molecule has 0 saturated carbocycles. The van der Waals surface area contributed by atoms with Crippen molar-refractivity contribution in [2.24, 2.45) is 4.99 Å². The summed E-state index contributed by atoms with van der Waals surface area (Å²) in [4.78, 5) is 9.62. The number of thioether (sulfide) groups is 1. The van der Waals surface area contributed by atoms with Gasteiger partial charge in [-0.1, -0.05) is 13.8 Å². The molecule has 1 aromatic rings. The van der Waals surface area contributed by atoms with Gasteiger partial charge in [0.25, 0.3) is 0 Å². The Morgan fingerprint density at radius 2 is 2.36 bits per heavy atom. The molecule has 0 spiro atoms. The lowest BCUT2D eigenvalue weighted by molar-refractivity contribution is 0.706. The van der Waals surface area contributed by atoms with Gasteiger partial charge in [-0.25, -0.2) is 0 Å². The van der Waals surface area contributed by atoms with E-state index in [1.54, 1.807) is 11.8 Å². The van der Waals surface area contributed by atoms with E-state index in [2.05, 4.69) is 30.5 Å². The Labute approximate surface area is 89.9 Å². The van der Waals surface area contributed by atoms with E-state index >= 15 is 0 Å². The van der Waals surface area contributed by atoms with Gasteiger partial charge in [-0.05, 0) is 25.5 Å². The Bertz CT molecular complexity index is 323. The third-order valence-corrected chi connectivity index (χ3v) is 3.14. The molecule has 0 aliphatic heterocycles. The number of aliphatic imine (C=N–C) groups is 1. The fourth-order valence-electron chi connectivity index (χ4n) is 1.33. The van der Waals surface area contributed by atoms with E-state index in [1.165, 1.54) is 0 Å². The molecular formula is C11H16N2S. The van der Waals surface area contributed by atoms with Crippen LogP contribution in [0.3, 0.4) is 0 Å². The Balaban J connectivity index is 3.21. The van der Waals surface area contributed by atoms with Crippen molar-refractivity contribution in [3.05, 3.63) is 18.0 Å². The number of rotatable bonds is 4. The molecule has 3 heteroatoms. The minimum Gasteiger partial charge on any atom is -0.262 e. The largest absolute Gasteiger partial charge is 0.262 e. The monoisotopic (exact) mass is 208 g/mol. The summed E-state index contributed by atoms with van der Waals surface area (Å²) >= 11 is 1.69. The van der Waals surface area contributed by atoms with Gasteiger partial charge in [-0.15, -0.1) is 11.8 Å². The topological polar surface area (TPSA) is 25.2 Å². The lowest BCUT2D eigenvalue weighted by atomic mass is 10.0. The molecule has 0 radical (unpaired) electrons. The van der Waals surface area contributed by atoms with Gasteiger partial charge in [0, 0.05) is 17.0 Å². The van der Waals surface area contributed by atoms with Gasteiger partial charge in [0.05, 0.1) is 11.4 Å². The third kappa shape index (κ3) is 2.15. The summed E-state index contributed by atoms with van der Waals surface area (Å²) in [5.74, 6) is 0.447. The maximum absolute atomic E-state index is 4.38. The fraction of sp³-hybridized carbons (Fsp3) is 0.455. The quantitative estimate of drug-likeness (QED) is 0.557. The van der Waals surface area contributed by atoms with Gasteiger partial charge >= 0.3 is 0 Å². The van der Waals surface area contributed by atoms with Crippen molar-refractivity contribution in [3.8, 4) is 0 Å². The van der Waals surface area contributed by atoms with Crippen molar-refractivity contribution in [1.29, 1.82) is 0 Å². The number of hydrogen-bond acceptors (Lipinski definition) is 3. The van der Waals surface area contributed by atoms with Crippen LogP contribution in [0.4, 0.5) is 5.69 Å². The van der Waals surface area contributed by atoms with Crippen LogP contribution in [-0.2, 0) is 0 Å². The minimum atomic E-state index is 0.447. The first-order chi connectivity index (χ1) is 6.74. The van der Waals surface area contributed by atoms with Gasteiger partial charge in [-0.3, -0.25) is 9.98 Å². The maximum atomic E-state index is 4.38. The zero-order valence-electron chi connectivity index (χ0n) is 8.95. The molecule has 1 aromatic heterocycles. The smallest absolute Gasteiger partial charge is 0.0975 e.